The Hall–Kier alpha value is -11.8. The fourth-order valence-electron chi connectivity index (χ4n) is 16.1. The third kappa shape index (κ3) is 39.2. The van der Waals surface area contributed by atoms with Gasteiger partial charge in [0.05, 0.1) is 177 Å². The lowest BCUT2D eigenvalue weighted by molar-refractivity contribution is -0.139. The number of nitrogens with zero attached hydrogens (tertiary/aromatic N) is 6. The van der Waals surface area contributed by atoms with Crippen LogP contribution >= 0.6 is 11.8 Å². The minimum absolute atomic E-state index is 0.0181. The normalized spacial score (nSPS) is 15.2. The number of imide groups is 1. The van der Waals surface area contributed by atoms with E-state index >= 15 is 0 Å². The Kier molecular flexibility index (Phi) is 49.1. The van der Waals surface area contributed by atoms with E-state index in [1.165, 1.54) is 45.8 Å². The number of fused-ring (bicyclic) bond motifs is 3. The molecule has 6 aromatic rings. The number of thioether (sulfide) groups is 1. The van der Waals surface area contributed by atoms with Gasteiger partial charge in [-0.15, -0.1) is 0 Å². The topological polar surface area (TPSA) is 538 Å². The van der Waals surface area contributed by atoms with Crippen LogP contribution in [0.5, 0.6) is 5.75 Å². The summed E-state index contributed by atoms with van der Waals surface area (Å²) in [5.41, 5.74) is 5.63. The number of benzene rings is 3. The fraction of sp³-hybridized carbons (Fsp3) is 0.554. The number of rotatable bonds is 72. The summed E-state index contributed by atoms with van der Waals surface area (Å²) < 4.78 is 102. The molecule has 145 heavy (non-hydrogen) atoms. The number of hydrogen-bond acceptors (Lipinski definition) is 32. The van der Waals surface area contributed by atoms with Gasteiger partial charge in [0, 0.05) is 172 Å². The highest BCUT2D eigenvalue weighted by molar-refractivity contribution is 8.00. The maximum atomic E-state index is 14.3. The van der Waals surface area contributed by atoms with E-state index in [-0.39, 0.29) is 234 Å². The zero-order valence-electron chi connectivity index (χ0n) is 83.4. The SMILES string of the molecule is C=C1C[C@H]2C(S(=O)(=O)[O-])Cc3cc(OCCCC(=O)Nc4cn(C)c(C(=O)Cc5ccc(-c6cc(C(=O)n7ccc8cc(CC(=O)[C@H](C)NC(=O)[C@H](C)NC(=O)CC[C@H](CC(=O)CCOCCOCCCC(=O)CCN9C(=O)CC(SC)C9=O)C(=O)NCC(=O)CCC(=O)NCC(=O)CCC(=O)NCCOCCOCCOCCOCCOCCOCCOCCOC)ccc87)n(C)c6)cc5)n4)c(C)cc3C(=O)N2C1. The van der Waals surface area contributed by atoms with Crippen molar-refractivity contribution in [3.63, 3.8) is 0 Å². The van der Waals surface area contributed by atoms with Crippen LogP contribution in [-0.2, 0) is 153 Å². The van der Waals surface area contributed by atoms with Gasteiger partial charge < -0.3 is 103 Å². The van der Waals surface area contributed by atoms with Gasteiger partial charge >= 0.3 is 0 Å². The highest BCUT2D eigenvalue weighted by Gasteiger charge is 2.44. The van der Waals surface area contributed by atoms with E-state index in [9.17, 15) is 89.7 Å². The summed E-state index contributed by atoms with van der Waals surface area (Å²) in [6.45, 7) is 14.6. The lowest BCUT2D eigenvalue weighted by atomic mass is 9.94. The van der Waals surface area contributed by atoms with Crippen LogP contribution in [0.2, 0.25) is 0 Å². The number of Topliss-reactive ketones (excluding diaryl/α,β-unsaturated/α-hetero) is 6. The van der Waals surface area contributed by atoms with Crippen molar-refractivity contribution in [3.8, 4) is 16.9 Å². The zero-order chi connectivity index (χ0) is 105. The molecule has 44 heteroatoms. The molecular weight excluding hydrogens is 1930 g/mol. The third-order valence-electron chi connectivity index (χ3n) is 24.2. The Morgan fingerprint density at radius 2 is 1.16 bits per heavy atom. The monoisotopic (exact) mass is 2060 g/mol. The number of likely N-dealkylation sites (tertiary alicyclic amines) is 1. The molecule has 3 aromatic carbocycles. The van der Waals surface area contributed by atoms with Gasteiger partial charge in [0.15, 0.2) is 29.0 Å². The Balaban J connectivity index is 0.656. The third-order valence-corrected chi connectivity index (χ3v) is 26.3. The first kappa shape index (κ1) is 117. The first-order valence-corrected chi connectivity index (χ1v) is 51.4. The molecule has 0 radical (unpaired) electrons. The molecule has 3 aliphatic rings. The van der Waals surface area contributed by atoms with E-state index in [0.717, 1.165) is 16.0 Å². The number of amides is 9. The minimum Gasteiger partial charge on any atom is -0.748 e. The second kappa shape index (κ2) is 61.0. The largest absolute Gasteiger partial charge is 0.748 e. The van der Waals surface area contributed by atoms with Gasteiger partial charge in [-0.2, -0.15) is 11.8 Å². The summed E-state index contributed by atoms with van der Waals surface area (Å²) in [5, 5.41) is 14.4. The molecule has 0 bridgehead atoms. The van der Waals surface area contributed by atoms with E-state index in [2.05, 4.69) is 43.5 Å². The summed E-state index contributed by atoms with van der Waals surface area (Å²) >= 11 is 1.29. The lowest BCUT2D eigenvalue weighted by Crippen LogP contribution is -2.49. The van der Waals surface area contributed by atoms with Crippen molar-refractivity contribution < 1.29 is 142 Å². The van der Waals surface area contributed by atoms with Crippen LogP contribution < -0.4 is 36.6 Å². The molecular formula is C101H135N12O30S2-. The molecule has 0 spiro atoms. The van der Waals surface area contributed by atoms with Gasteiger partial charge in [-0.3, -0.25) is 86.2 Å². The number of anilines is 1. The van der Waals surface area contributed by atoms with Crippen molar-refractivity contribution in [3.05, 3.63) is 137 Å². The molecule has 3 aliphatic heterocycles. The average Bonchev–Trinajstić information content (AvgIpc) is 1.62. The molecule has 9 amide bonds. The molecule has 792 valence electrons. The number of ether oxygens (including phenoxy) is 11. The standard InChI is InChI=1S/C101H136N12O30S2/c1-66-51-83-89(145(130,131)132)59-75-58-87(67(2)52-81(75)99(127)113(83)63-66)143-32-10-12-93(122)107-90-65-110(6)96(108-90)86(119)54-70-13-16-72(17-14-70)76-57-84(109(5)64-76)100(128)111-29-25-73-53-71(15-21-82(73)111)55-85(118)68(3)106-97(125)69(4)105-94(123)22-18-74(56-78(115)27-33-135-38-37-134-31-9-11-77(114)26-30-112-95(124)60-88(144-8)101(112)129)98(126)104-62-80(117)20-24-92(121)103-61-79(116)19-23-91(120)102-28-34-136-39-40-138-43-44-140-47-48-142-50-49-141-46-45-139-42-41-137-36-35-133-7/h13-17,21,25,29,52-53,57-58,64-65,68-69,74,83,88-89H,1,9-12,18-20,22-24,26-28,30-51,54-56,59-63H2,2-8H3,(H,102,120)(H,103,121)(H,104,126)(H,105,123)(H,106,125)(H,107,122)(H,130,131,132)/p-1/t68-,69-,74+,83-,88?,89?/m0/s1. The number of imidazole rings is 1. The minimum atomic E-state index is -4.78. The van der Waals surface area contributed by atoms with Crippen molar-refractivity contribution in [2.24, 2.45) is 20.0 Å². The number of hydrogen-bond donors (Lipinski definition) is 6. The summed E-state index contributed by atoms with van der Waals surface area (Å²) in [7, 11) is 0.208. The van der Waals surface area contributed by atoms with Crippen molar-refractivity contribution in [2.75, 3.05) is 184 Å². The Morgan fingerprint density at radius 1 is 0.559 bits per heavy atom. The van der Waals surface area contributed by atoms with Crippen molar-refractivity contribution >= 4 is 132 Å². The van der Waals surface area contributed by atoms with Crippen LogP contribution in [0.15, 0.2) is 97.5 Å². The van der Waals surface area contributed by atoms with Crippen molar-refractivity contribution in [1.29, 1.82) is 0 Å². The summed E-state index contributed by atoms with van der Waals surface area (Å²) in [6, 6.07) is 16.1. The van der Waals surface area contributed by atoms with Gasteiger partial charge in [-0.05, 0) is 123 Å². The number of carbonyl (C=O) groups is 16. The number of aromatic nitrogens is 4. The number of aryl methyl sites for hydroxylation is 3. The van der Waals surface area contributed by atoms with Crippen LogP contribution in [0, 0.1) is 12.8 Å². The van der Waals surface area contributed by atoms with Crippen LogP contribution in [0.25, 0.3) is 22.0 Å². The summed E-state index contributed by atoms with van der Waals surface area (Å²) in [6.07, 6.45) is 5.52. The van der Waals surface area contributed by atoms with Crippen LogP contribution in [0.3, 0.4) is 0 Å². The van der Waals surface area contributed by atoms with Crippen molar-refractivity contribution in [2.45, 2.75) is 165 Å². The molecule has 0 aliphatic carbocycles. The maximum absolute atomic E-state index is 14.3. The quantitative estimate of drug-likeness (QED) is 0.00983. The highest BCUT2D eigenvalue weighted by Crippen LogP contribution is 2.37. The Labute approximate surface area is 847 Å². The fourth-order valence-corrected chi connectivity index (χ4v) is 17.8. The van der Waals surface area contributed by atoms with Gasteiger partial charge in [0.2, 0.25) is 53.0 Å². The van der Waals surface area contributed by atoms with Gasteiger partial charge in [-0.25, -0.2) is 13.4 Å². The molecule has 6 atom stereocenters. The van der Waals surface area contributed by atoms with Gasteiger partial charge in [0.25, 0.3) is 11.8 Å². The number of ketones is 6. The van der Waals surface area contributed by atoms with Gasteiger partial charge in [0.1, 0.15) is 29.1 Å². The lowest BCUT2D eigenvalue weighted by Gasteiger charge is -2.30. The molecule has 0 saturated carbocycles. The second-order valence-electron chi connectivity index (χ2n) is 35.5. The molecule has 6 heterocycles. The summed E-state index contributed by atoms with van der Waals surface area (Å²) in [5.74, 6) is -7.62. The second-order valence-corrected chi connectivity index (χ2v) is 38.1. The zero-order valence-corrected chi connectivity index (χ0v) is 85.0. The number of methoxy groups -OCH3 is 1. The number of carbonyl (C=O) groups excluding carboxylic acids is 16. The van der Waals surface area contributed by atoms with Crippen LogP contribution in [-0.4, -0.2) is 342 Å². The van der Waals surface area contributed by atoms with E-state index in [0.29, 0.717) is 148 Å². The van der Waals surface area contributed by atoms with E-state index in [1.807, 2.05) is 12.1 Å². The molecule has 3 aromatic heterocycles. The van der Waals surface area contributed by atoms with Crippen molar-refractivity contribution in [1.82, 2.24) is 55.1 Å². The predicted molar refractivity (Wildman–Crippen MR) is 529 cm³/mol. The first-order valence-electron chi connectivity index (χ1n) is 48.6. The average molecular weight is 2060 g/mol. The molecule has 2 fully saturated rings. The first-order chi connectivity index (χ1) is 69.6. The molecule has 6 N–H and O–H groups in total. The van der Waals surface area contributed by atoms with Crippen LogP contribution in [0.4, 0.5) is 5.82 Å². The van der Waals surface area contributed by atoms with Gasteiger partial charge in [-0.1, -0.05) is 42.5 Å². The van der Waals surface area contributed by atoms with E-state index in [1.54, 1.807) is 106 Å². The Morgan fingerprint density at radius 3 is 1.79 bits per heavy atom. The smallest absolute Gasteiger partial charge is 0.278 e. The number of nitrogens with one attached hydrogen (secondary N) is 6. The predicted octanol–water partition coefficient (Wildman–Crippen LogP) is 4.78. The summed E-state index contributed by atoms with van der Waals surface area (Å²) in [4.78, 5) is 217. The molecule has 2 saturated heterocycles. The highest BCUT2D eigenvalue weighted by atomic mass is 32.2. The maximum Gasteiger partial charge on any atom is 0.278 e. The molecule has 42 nitrogen and oxygen atoms in total. The Bertz CT molecular complexity index is 5580. The van der Waals surface area contributed by atoms with E-state index < -0.39 is 105 Å². The van der Waals surface area contributed by atoms with Crippen LogP contribution in [0.1, 0.15) is 164 Å². The molecule has 2 unspecified atom stereocenters. The van der Waals surface area contributed by atoms with E-state index in [4.69, 9.17) is 52.1 Å². The molecule has 9 rings (SSSR count).